The van der Waals surface area contributed by atoms with Crippen molar-refractivity contribution in [2.75, 3.05) is 11.9 Å². The highest BCUT2D eigenvalue weighted by Gasteiger charge is 2.13. The monoisotopic (exact) mass is 385 g/mol. The third-order valence-electron chi connectivity index (χ3n) is 3.27. The van der Waals surface area contributed by atoms with Gasteiger partial charge in [-0.25, -0.2) is 0 Å². The Hall–Kier alpha value is -1.30. The van der Waals surface area contributed by atoms with E-state index >= 15 is 0 Å². The molecule has 1 amide bonds. The van der Waals surface area contributed by atoms with E-state index in [0.717, 1.165) is 35.4 Å². The Labute approximate surface area is 145 Å². The summed E-state index contributed by atoms with van der Waals surface area (Å²) < 4.78 is 2.84. The molecule has 0 unspecified atom stereocenters. The van der Waals surface area contributed by atoms with Crippen LogP contribution in [0.1, 0.15) is 29.9 Å². The van der Waals surface area contributed by atoms with Gasteiger partial charge in [-0.15, -0.1) is 12.4 Å². The van der Waals surface area contributed by atoms with E-state index in [2.05, 4.69) is 33.5 Å². The van der Waals surface area contributed by atoms with Gasteiger partial charge in [-0.3, -0.25) is 4.79 Å². The second-order valence-corrected chi connectivity index (χ2v) is 5.64. The Balaban J connectivity index is 0.00000242. The van der Waals surface area contributed by atoms with Crippen molar-refractivity contribution in [3.05, 3.63) is 52.3 Å². The van der Waals surface area contributed by atoms with E-state index in [1.54, 1.807) is 0 Å². The van der Waals surface area contributed by atoms with Crippen LogP contribution in [0, 0.1) is 0 Å². The number of benzene rings is 1. The number of aryl methyl sites for hydroxylation is 1. The van der Waals surface area contributed by atoms with E-state index in [1.807, 2.05) is 48.0 Å². The molecule has 0 saturated carbocycles. The molecule has 2 aromatic rings. The molecular formula is C16H21BrClN3O. The third-order valence-corrected chi connectivity index (χ3v) is 3.70. The van der Waals surface area contributed by atoms with E-state index in [0.29, 0.717) is 5.69 Å². The fourth-order valence-corrected chi connectivity index (χ4v) is 2.63. The molecule has 1 aromatic carbocycles. The number of nitrogens with one attached hydrogen (secondary N) is 2. The molecule has 2 N–H and O–H groups in total. The van der Waals surface area contributed by atoms with Gasteiger partial charge in [0.1, 0.15) is 5.69 Å². The summed E-state index contributed by atoms with van der Waals surface area (Å²) in [4.78, 5) is 12.5. The lowest BCUT2D eigenvalue weighted by Gasteiger charge is -2.12. The predicted octanol–water partition coefficient (Wildman–Crippen LogP) is 4.05. The Kier molecular flexibility index (Phi) is 7.65. The molecule has 2 rings (SSSR count). The number of nitrogens with zero attached hydrogens (tertiary/aromatic N) is 1. The van der Waals surface area contributed by atoms with E-state index in [4.69, 9.17) is 0 Å². The van der Waals surface area contributed by atoms with Gasteiger partial charge in [0.2, 0.25) is 0 Å². The van der Waals surface area contributed by atoms with Crippen LogP contribution in [0.4, 0.5) is 5.69 Å². The molecule has 0 bridgehead atoms. The normalized spacial score (nSPS) is 10.1. The van der Waals surface area contributed by atoms with Crippen molar-refractivity contribution in [3.8, 4) is 0 Å². The minimum Gasteiger partial charge on any atom is -0.343 e. The molecule has 0 spiro atoms. The highest BCUT2D eigenvalue weighted by atomic mass is 79.9. The molecule has 0 aliphatic heterocycles. The lowest BCUT2D eigenvalue weighted by atomic mass is 10.1. The van der Waals surface area contributed by atoms with Crippen LogP contribution >= 0.6 is 28.3 Å². The molecule has 0 atom stereocenters. The van der Waals surface area contributed by atoms with Crippen LogP contribution in [0.5, 0.6) is 0 Å². The molecule has 6 heteroatoms. The minimum absolute atomic E-state index is 0. The Morgan fingerprint density at radius 3 is 2.68 bits per heavy atom. The first kappa shape index (κ1) is 18.7. The van der Waals surface area contributed by atoms with Crippen molar-refractivity contribution in [3.63, 3.8) is 0 Å². The second kappa shape index (κ2) is 8.98. The number of carbonyl (C=O) groups excluding carboxylic acids is 1. The summed E-state index contributed by atoms with van der Waals surface area (Å²) in [5, 5.41) is 6.28. The van der Waals surface area contributed by atoms with Crippen LogP contribution in [-0.2, 0) is 13.1 Å². The average molecular weight is 387 g/mol. The highest BCUT2D eigenvalue weighted by Crippen LogP contribution is 2.19. The van der Waals surface area contributed by atoms with Crippen molar-refractivity contribution in [1.29, 1.82) is 0 Å². The average Bonchev–Trinajstić information content (AvgIpc) is 2.87. The van der Waals surface area contributed by atoms with E-state index in [-0.39, 0.29) is 18.3 Å². The van der Waals surface area contributed by atoms with Crippen molar-refractivity contribution in [1.82, 2.24) is 9.88 Å². The quantitative estimate of drug-likeness (QED) is 0.786. The summed E-state index contributed by atoms with van der Waals surface area (Å²) in [5.41, 5.74) is 2.59. The molecule has 0 saturated heterocycles. The zero-order chi connectivity index (χ0) is 15.2. The van der Waals surface area contributed by atoms with Crippen molar-refractivity contribution in [2.24, 2.45) is 0 Å². The van der Waals surface area contributed by atoms with Crippen LogP contribution in [-0.4, -0.2) is 17.0 Å². The summed E-state index contributed by atoms with van der Waals surface area (Å²) in [5.74, 6) is -0.0912. The number of hydrogen-bond donors (Lipinski definition) is 2. The van der Waals surface area contributed by atoms with Crippen molar-refractivity contribution in [2.45, 2.75) is 26.9 Å². The molecule has 0 radical (unpaired) electrons. The summed E-state index contributed by atoms with van der Waals surface area (Å²) in [6.07, 6.45) is 1.92. The largest absolute Gasteiger partial charge is 0.343 e. The van der Waals surface area contributed by atoms with Crippen LogP contribution in [0.15, 0.2) is 41.0 Å². The molecule has 1 aromatic heterocycles. The Morgan fingerprint density at radius 2 is 2.00 bits per heavy atom. The lowest BCUT2D eigenvalue weighted by Crippen LogP contribution is -2.19. The van der Waals surface area contributed by atoms with Gasteiger partial charge in [0, 0.05) is 29.4 Å². The molecular weight excluding hydrogens is 366 g/mol. The van der Waals surface area contributed by atoms with Gasteiger partial charge < -0.3 is 15.2 Å². The highest BCUT2D eigenvalue weighted by molar-refractivity contribution is 9.10. The van der Waals surface area contributed by atoms with Crippen molar-refractivity contribution >= 4 is 39.9 Å². The van der Waals surface area contributed by atoms with Crippen LogP contribution in [0.3, 0.4) is 0 Å². The maximum atomic E-state index is 12.5. The first-order valence-electron chi connectivity index (χ1n) is 7.11. The first-order valence-corrected chi connectivity index (χ1v) is 7.90. The Bertz CT molecular complexity index is 628. The second-order valence-electron chi connectivity index (χ2n) is 4.72. The number of halogens is 2. The summed E-state index contributed by atoms with van der Waals surface area (Å²) in [7, 11) is 0. The smallest absolute Gasteiger partial charge is 0.272 e. The maximum Gasteiger partial charge on any atom is 0.272 e. The number of hydrogen-bond acceptors (Lipinski definition) is 2. The number of aromatic nitrogens is 1. The molecule has 1 heterocycles. The van der Waals surface area contributed by atoms with Gasteiger partial charge >= 0.3 is 0 Å². The number of carbonyl (C=O) groups is 1. The topological polar surface area (TPSA) is 46.1 Å². The Morgan fingerprint density at radius 1 is 1.27 bits per heavy atom. The maximum absolute atomic E-state index is 12.5. The van der Waals surface area contributed by atoms with Gasteiger partial charge in [0.25, 0.3) is 5.91 Å². The summed E-state index contributed by atoms with van der Waals surface area (Å²) in [6, 6.07) is 9.70. The minimum atomic E-state index is -0.0912. The molecule has 0 fully saturated rings. The predicted molar refractivity (Wildman–Crippen MR) is 96.8 cm³/mol. The number of amides is 1. The number of anilines is 1. The molecule has 22 heavy (non-hydrogen) atoms. The molecule has 0 aliphatic carbocycles. The fraction of sp³-hybridized carbons (Fsp3) is 0.312. The van der Waals surface area contributed by atoms with Gasteiger partial charge in [0.15, 0.2) is 0 Å². The lowest BCUT2D eigenvalue weighted by molar-refractivity contribution is 0.101. The molecule has 120 valence electrons. The number of para-hydroxylation sites is 1. The molecule has 0 aliphatic rings. The SMILES string of the molecule is CCNCc1ccccc1NC(=O)c1cc(Br)cn1CC.Cl. The van der Waals surface area contributed by atoms with Crippen molar-refractivity contribution < 1.29 is 4.79 Å². The van der Waals surface area contributed by atoms with Crippen LogP contribution in [0.25, 0.3) is 0 Å². The zero-order valence-corrected chi connectivity index (χ0v) is 15.1. The summed E-state index contributed by atoms with van der Waals surface area (Å²) in [6.45, 7) is 6.47. The third kappa shape index (κ3) is 4.60. The van der Waals surface area contributed by atoms with E-state index in [1.165, 1.54) is 0 Å². The van der Waals surface area contributed by atoms with Crippen LogP contribution in [0.2, 0.25) is 0 Å². The number of rotatable bonds is 6. The molecule has 4 nitrogen and oxygen atoms in total. The first-order chi connectivity index (χ1) is 10.2. The fourth-order valence-electron chi connectivity index (χ4n) is 2.17. The van der Waals surface area contributed by atoms with Gasteiger partial charge in [0.05, 0.1) is 0 Å². The van der Waals surface area contributed by atoms with Crippen LogP contribution < -0.4 is 10.6 Å². The van der Waals surface area contributed by atoms with Gasteiger partial charge in [-0.1, -0.05) is 25.1 Å². The standard InChI is InChI=1S/C16H20BrN3O.ClH/c1-3-18-10-12-7-5-6-8-14(12)19-16(21)15-9-13(17)11-20(15)4-2;/h5-9,11,18H,3-4,10H2,1-2H3,(H,19,21);1H. The van der Waals surface area contributed by atoms with E-state index in [9.17, 15) is 4.79 Å². The summed E-state index contributed by atoms with van der Waals surface area (Å²) >= 11 is 3.42. The zero-order valence-electron chi connectivity index (χ0n) is 12.7. The van der Waals surface area contributed by atoms with Gasteiger partial charge in [-0.2, -0.15) is 0 Å². The van der Waals surface area contributed by atoms with Gasteiger partial charge in [-0.05, 0) is 47.1 Å². The van der Waals surface area contributed by atoms with E-state index < -0.39 is 0 Å².